The molecule has 0 spiro atoms. The van der Waals surface area contributed by atoms with Gasteiger partial charge in [-0.3, -0.25) is 4.55 Å². The van der Waals surface area contributed by atoms with Gasteiger partial charge in [-0.2, -0.15) is 13.7 Å². The minimum atomic E-state index is -4.02. The Hall–Kier alpha value is -1.42. The monoisotopic (exact) mass is 256 g/mol. The molecular weight excluding hydrogens is 240 g/mol. The Morgan fingerprint density at radius 2 is 1.88 bits per heavy atom. The molecule has 0 aliphatic carbocycles. The molecule has 0 aromatic heterocycles. The van der Waals surface area contributed by atoms with E-state index in [1.807, 2.05) is 19.9 Å². The lowest BCUT2D eigenvalue weighted by Gasteiger charge is -1.95. The van der Waals surface area contributed by atoms with Crippen LogP contribution in [0.4, 0.5) is 0 Å². The Kier molecular flexibility index (Phi) is 6.43. The van der Waals surface area contributed by atoms with Gasteiger partial charge in [-0.05, 0) is 26.0 Å². The molecule has 1 unspecified atom stereocenters. The fourth-order valence-electron chi connectivity index (χ4n) is 0.854. The number of hydrogen-bond acceptors (Lipinski definition) is 4. The maximum absolute atomic E-state index is 10.5. The van der Waals surface area contributed by atoms with E-state index in [1.54, 1.807) is 12.1 Å². The molecule has 0 aliphatic rings. The molecule has 0 amide bonds. The molecule has 6 heteroatoms. The normalized spacial score (nSPS) is 11.9. The summed E-state index contributed by atoms with van der Waals surface area (Å²) in [5, 5.41) is 7.91. The van der Waals surface area contributed by atoms with Crippen LogP contribution < -0.4 is 5.73 Å². The second-order valence-corrected chi connectivity index (χ2v) is 5.05. The van der Waals surface area contributed by atoms with Crippen molar-refractivity contribution in [3.63, 3.8) is 0 Å². The van der Waals surface area contributed by atoms with Crippen molar-refractivity contribution in [2.45, 2.75) is 31.2 Å². The van der Waals surface area contributed by atoms with Crippen LogP contribution in [0.3, 0.4) is 0 Å². The van der Waals surface area contributed by atoms with Crippen LogP contribution in [-0.2, 0) is 10.1 Å². The summed E-state index contributed by atoms with van der Waals surface area (Å²) >= 11 is 0. The molecule has 0 saturated heterocycles. The lowest BCUT2D eigenvalue weighted by Crippen LogP contribution is -2.12. The second-order valence-electron chi connectivity index (χ2n) is 3.63. The molecule has 0 bridgehead atoms. The molecule has 0 fully saturated rings. The van der Waals surface area contributed by atoms with Gasteiger partial charge in [0, 0.05) is 12.5 Å². The fraction of sp³-hybridized carbons (Fsp3) is 0.364. The van der Waals surface area contributed by atoms with Crippen LogP contribution in [0, 0.1) is 18.3 Å². The van der Waals surface area contributed by atoms with Gasteiger partial charge in [0.2, 0.25) is 0 Å². The zero-order valence-electron chi connectivity index (χ0n) is 9.79. The summed E-state index contributed by atoms with van der Waals surface area (Å²) in [7, 11) is -4.02. The minimum Gasteiger partial charge on any atom is -0.327 e. The molecule has 94 valence electrons. The summed E-state index contributed by atoms with van der Waals surface area (Å²) in [6, 6.07) is 7.97. The van der Waals surface area contributed by atoms with Crippen LogP contribution in [0.25, 0.3) is 0 Å². The van der Waals surface area contributed by atoms with Gasteiger partial charge in [0.25, 0.3) is 10.1 Å². The van der Waals surface area contributed by atoms with Gasteiger partial charge >= 0.3 is 0 Å². The summed E-state index contributed by atoms with van der Waals surface area (Å²) in [5.74, 6) is 0. The van der Waals surface area contributed by atoms with Crippen LogP contribution in [0.15, 0.2) is 29.2 Å². The molecule has 1 rings (SSSR count). The van der Waals surface area contributed by atoms with Crippen LogP contribution in [0.5, 0.6) is 0 Å². The van der Waals surface area contributed by atoms with Crippen molar-refractivity contribution in [1.29, 1.82) is 5.26 Å². The number of hydrogen-bond donors (Lipinski definition) is 2. The summed E-state index contributed by atoms with van der Waals surface area (Å²) in [6.45, 7) is 3.65. The highest BCUT2D eigenvalue weighted by molar-refractivity contribution is 7.85. The third-order valence-corrected chi connectivity index (χ3v) is 2.60. The Morgan fingerprint density at radius 1 is 1.41 bits per heavy atom. The van der Waals surface area contributed by atoms with Crippen molar-refractivity contribution in [3.8, 4) is 6.07 Å². The second kappa shape index (κ2) is 7.01. The fourth-order valence-corrected chi connectivity index (χ4v) is 1.33. The number of nitrogens with zero attached hydrogens (tertiary/aromatic N) is 1. The quantitative estimate of drug-likeness (QED) is 0.780. The van der Waals surface area contributed by atoms with E-state index in [0.717, 1.165) is 5.56 Å². The van der Waals surface area contributed by atoms with Gasteiger partial charge in [-0.25, -0.2) is 0 Å². The molecule has 1 aromatic rings. The maximum atomic E-state index is 10.5. The highest BCUT2D eigenvalue weighted by Crippen LogP contribution is 2.08. The van der Waals surface area contributed by atoms with E-state index >= 15 is 0 Å². The number of nitrogens with two attached hydrogens (primary N) is 1. The van der Waals surface area contributed by atoms with Gasteiger partial charge < -0.3 is 5.73 Å². The number of aryl methyl sites for hydroxylation is 1. The predicted octanol–water partition coefficient (Wildman–Crippen LogP) is 1.49. The van der Waals surface area contributed by atoms with Crippen molar-refractivity contribution in [3.05, 3.63) is 29.8 Å². The summed E-state index contributed by atoms with van der Waals surface area (Å²) in [4.78, 5) is -0.0666. The third-order valence-electron chi connectivity index (χ3n) is 1.73. The van der Waals surface area contributed by atoms with Gasteiger partial charge in [0.1, 0.15) is 0 Å². The highest BCUT2D eigenvalue weighted by Gasteiger charge is 2.06. The maximum Gasteiger partial charge on any atom is 0.294 e. The number of nitriles is 1. The minimum absolute atomic E-state index is 0.0370. The van der Waals surface area contributed by atoms with E-state index in [-0.39, 0.29) is 10.9 Å². The number of rotatable bonds is 2. The van der Waals surface area contributed by atoms with Crippen molar-refractivity contribution in [2.75, 3.05) is 0 Å². The smallest absolute Gasteiger partial charge is 0.294 e. The van der Waals surface area contributed by atoms with Crippen molar-refractivity contribution in [1.82, 2.24) is 0 Å². The average molecular weight is 256 g/mol. The molecule has 5 nitrogen and oxygen atoms in total. The lowest BCUT2D eigenvalue weighted by molar-refractivity contribution is 0.483. The van der Waals surface area contributed by atoms with Crippen molar-refractivity contribution >= 4 is 10.1 Å². The summed E-state index contributed by atoms with van der Waals surface area (Å²) in [6.07, 6.45) is 0.458. The molecular formula is C11H16N2O3S. The molecule has 1 aromatic carbocycles. The Labute approximate surface area is 102 Å². The summed E-state index contributed by atoms with van der Waals surface area (Å²) < 4.78 is 29.6. The molecule has 1 atom stereocenters. The topological polar surface area (TPSA) is 104 Å². The SMILES string of the molecule is CC(N)CC#N.Cc1ccc(S(=O)(=O)O)cc1. The molecule has 17 heavy (non-hydrogen) atoms. The first kappa shape index (κ1) is 15.6. The number of benzene rings is 1. The van der Waals surface area contributed by atoms with Crippen LogP contribution in [0.2, 0.25) is 0 Å². The molecule has 3 N–H and O–H groups in total. The van der Waals surface area contributed by atoms with Crippen LogP contribution >= 0.6 is 0 Å². The average Bonchev–Trinajstić information content (AvgIpc) is 2.17. The van der Waals surface area contributed by atoms with E-state index in [1.165, 1.54) is 12.1 Å². The molecule has 0 saturated carbocycles. The Bertz CT molecular complexity index is 472. The van der Waals surface area contributed by atoms with Crippen LogP contribution in [-0.4, -0.2) is 19.0 Å². The van der Waals surface area contributed by atoms with E-state index in [2.05, 4.69) is 0 Å². The lowest BCUT2D eigenvalue weighted by atomic mass is 10.2. The predicted molar refractivity (Wildman–Crippen MR) is 64.9 cm³/mol. The Morgan fingerprint density at radius 3 is 2.12 bits per heavy atom. The van der Waals surface area contributed by atoms with Gasteiger partial charge in [-0.1, -0.05) is 17.7 Å². The zero-order valence-corrected chi connectivity index (χ0v) is 10.6. The standard InChI is InChI=1S/C7H8O3S.C4H8N2/c1-6-2-4-7(5-3-6)11(8,9)10;1-4(6)2-3-5/h2-5H,1H3,(H,8,9,10);4H,2,6H2,1H3. The molecule has 0 heterocycles. The van der Waals surface area contributed by atoms with Gasteiger partial charge in [0.05, 0.1) is 11.0 Å². The summed E-state index contributed by atoms with van der Waals surface area (Å²) in [5.41, 5.74) is 6.14. The Balaban J connectivity index is 0.000000366. The van der Waals surface area contributed by atoms with Gasteiger partial charge in [-0.15, -0.1) is 0 Å². The van der Waals surface area contributed by atoms with Crippen molar-refractivity contribution in [2.24, 2.45) is 5.73 Å². The van der Waals surface area contributed by atoms with E-state index in [9.17, 15) is 8.42 Å². The molecule has 0 radical (unpaired) electrons. The largest absolute Gasteiger partial charge is 0.327 e. The first-order valence-corrected chi connectivity index (χ1v) is 6.38. The van der Waals surface area contributed by atoms with Crippen LogP contribution in [0.1, 0.15) is 18.9 Å². The first-order valence-electron chi connectivity index (χ1n) is 4.94. The van der Waals surface area contributed by atoms with Gasteiger partial charge in [0.15, 0.2) is 0 Å². The van der Waals surface area contributed by atoms with E-state index in [4.69, 9.17) is 15.5 Å². The first-order chi connectivity index (χ1) is 7.77. The third kappa shape index (κ3) is 7.47. The zero-order chi connectivity index (χ0) is 13.5. The van der Waals surface area contributed by atoms with Crippen molar-refractivity contribution < 1.29 is 13.0 Å². The highest BCUT2D eigenvalue weighted by atomic mass is 32.2. The van der Waals surface area contributed by atoms with E-state index < -0.39 is 10.1 Å². The molecule has 0 aliphatic heterocycles. The van der Waals surface area contributed by atoms with E-state index in [0.29, 0.717) is 6.42 Å².